The Hall–Kier alpha value is -1.36. The fourth-order valence-electron chi connectivity index (χ4n) is 1.74. The Kier molecular flexibility index (Phi) is 6.56. The highest BCUT2D eigenvalue weighted by atomic mass is 32.2. The molecule has 0 fully saturated rings. The summed E-state index contributed by atoms with van der Waals surface area (Å²) < 4.78 is 11.7. The topological polar surface area (TPSA) is 72.2 Å². The number of nitrogens with one attached hydrogen (secondary N) is 1. The number of aryl methyl sites for hydroxylation is 1. The van der Waals surface area contributed by atoms with Crippen molar-refractivity contribution in [2.24, 2.45) is 0 Å². The average Bonchev–Trinajstić information content (AvgIpc) is 2.33. The molecule has 0 bridgehead atoms. The molecule has 0 heterocycles. The smallest absolute Gasteiger partial charge is 0.236 e. The van der Waals surface area contributed by atoms with E-state index < -0.39 is 10.8 Å². The molecule has 1 rings (SSSR count). The van der Waals surface area contributed by atoms with Gasteiger partial charge in [-0.05, 0) is 37.1 Å². The lowest BCUT2D eigenvalue weighted by molar-refractivity contribution is -0.113. The minimum absolute atomic E-state index is 0.0630. The summed E-state index contributed by atoms with van der Waals surface area (Å²) in [4.78, 5) is 11.8. The molecule has 0 saturated heterocycles. The Morgan fingerprint density at radius 3 is 2.74 bits per heavy atom. The molecule has 4 nitrogen and oxygen atoms in total. The van der Waals surface area contributed by atoms with E-state index in [-0.39, 0.29) is 11.7 Å². The first-order chi connectivity index (χ1) is 9.02. The molecule has 1 unspecified atom stereocenters. The van der Waals surface area contributed by atoms with Crippen molar-refractivity contribution in [3.8, 4) is 0 Å². The van der Waals surface area contributed by atoms with Crippen LogP contribution in [0.3, 0.4) is 0 Å². The summed E-state index contributed by atoms with van der Waals surface area (Å²) >= 11 is 0. The van der Waals surface area contributed by atoms with Crippen molar-refractivity contribution in [1.29, 1.82) is 0 Å². The van der Waals surface area contributed by atoms with Gasteiger partial charge in [0.05, 0.1) is 0 Å². The third-order valence-corrected chi connectivity index (χ3v) is 4.12. The number of rotatable bonds is 7. The Morgan fingerprint density at radius 2 is 2.11 bits per heavy atom. The van der Waals surface area contributed by atoms with Gasteiger partial charge in [0, 0.05) is 27.9 Å². The van der Waals surface area contributed by atoms with Gasteiger partial charge in [-0.15, -0.1) is 0 Å². The largest absolute Gasteiger partial charge is 0.399 e. The zero-order chi connectivity index (χ0) is 14.3. The third-order valence-electron chi connectivity index (χ3n) is 2.79. The lowest BCUT2D eigenvalue weighted by Gasteiger charge is -2.09. The van der Waals surface area contributed by atoms with Gasteiger partial charge in [0.15, 0.2) is 0 Å². The summed E-state index contributed by atoms with van der Waals surface area (Å²) in [7, 11) is -1.07. The monoisotopic (exact) mass is 282 g/mol. The van der Waals surface area contributed by atoms with Crippen LogP contribution in [0, 0.1) is 6.92 Å². The summed E-state index contributed by atoms with van der Waals surface area (Å²) in [5.41, 5.74) is 7.95. The van der Waals surface area contributed by atoms with Crippen LogP contribution in [0.25, 0.3) is 0 Å². The number of nitrogens with two attached hydrogens (primary N) is 1. The lowest BCUT2D eigenvalue weighted by atomic mass is 10.2. The van der Waals surface area contributed by atoms with Gasteiger partial charge in [0.25, 0.3) is 0 Å². The van der Waals surface area contributed by atoms with Crippen molar-refractivity contribution in [3.05, 3.63) is 23.8 Å². The second-order valence-corrected chi connectivity index (χ2v) is 6.19. The molecular weight excluding hydrogens is 260 g/mol. The van der Waals surface area contributed by atoms with E-state index in [1.165, 1.54) is 0 Å². The maximum Gasteiger partial charge on any atom is 0.236 e. The first-order valence-electron chi connectivity index (χ1n) is 6.54. The predicted molar refractivity (Wildman–Crippen MR) is 81.6 cm³/mol. The minimum Gasteiger partial charge on any atom is -0.399 e. The number of amides is 1. The van der Waals surface area contributed by atoms with Crippen LogP contribution >= 0.6 is 0 Å². The van der Waals surface area contributed by atoms with Crippen molar-refractivity contribution in [2.75, 3.05) is 22.6 Å². The van der Waals surface area contributed by atoms with E-state index in [0.29, 0.717) is 11.4 Å². The molecule has 1 aromatic carbocycles. The summed E-state index contributed by atoms with van der Waals surface area (Å²) in [5.74, 6) is 0.456. The molecule has 0 spiro atoms. The molecule has 1 atom stereocenters. The zero-order valence-electron chi connectivity index (χ0n) is 11.6. The minimum atomic E-state index is -1.07. The normalized spacial score (nSPS) is 12.1. The second-order valence-electron chi connectivity index (χ2n) is 4.62. The van der Waals surface area contributed by atoms with Crippen LogP contribution in [0.5, 0.6) is 0 Å². The van der Waals surface area contributed by atoms with E-state index in [1.807, 2.05) is 6.92 Å². The van der Waals surface area contributed by atoms with E-state index in [9.17, 15) is 9.00 Å². The number of unbranched alkanes of at least 4 members (excludes halogenated alkanes) is 2. The van der Waals surface area contributed by atoms with Gasteiger partial charge >= 0.3 is 0 Å². The van der Waals surface area contributed by atoms with Crippen molar-refractivity contribution >= 4 is 28.1 Å². The van der Waals surface area contributed by atoms with Gasteiger partial charge in [0.1, 0.15) is 5.75 Å². The number of carbonyl (C=O) groups excluding carboxylic acids is 1. The van der Waals surface area contributed by atoms with Crippen LogP contribution in [0.1, 0.15) is 31.7 Å². The van der Waals surface area contributed by atoms with Gasteiger partial charge in [-0.25, -0.2) is 0 Å². The van der Waals surface area contributed by atoms with Crippen LogP contribution in [0.15, 0.2) is 18.2 Å². The van der Waals surface area contributed by atoms with E-state index >= 15 is 0 Å². The maximum atomic E-state index is 11.8. The van der Waals surface area contributed by atoms with Gasteiger partial charge in [0.2, 0.25) is 5.91 Å². The van der Waals surface area contributed by atoms with Gasteiger partial charge in [-0.3, -0.25) is 9.00 Å². The maximum absolute atomic E-state index is 11.8. The van der Waals surface area contributed by atoms with Gasteiger partial charge in [-0.1, -0.05) is 19.8 Å². The predicted octanol–water partition coefficient (Wildman–Crippen LogP) is 2.45. The van der Waals surface area contributed by atoms with Gasteiger partial charge < -0.3 is 11.1 Å². The molecule has 0 aliphatic rings. The fraction of sp³-hybridized carbons (Fsp3) is 0.500. The zero-order valence-corrected chi connectivity index (χ0v) is 12.4. The SMILES string of the molecule is CCCCCS(=O)CC(=O)Nc1ccc(N)cc1C. The number of hydrogen-bond donors (Lipinski definition) is 2. The van der Waals surface area contributed by atoms with Gasteiger partial charge in [-0.2, -0.15) is 0 Å². The summed E-state index contributed by atoms with van der Waals surface area (Å²) in [6, 6.07) is 5.30. The van der Waals surface area contributed by atoms with Crippen LogP contribution in [0.2, 0.25) is 0 Å². The van der Waals surface area contributed by atoms with E-state index in [0.717, 1.165) is 30.5 Å². The summed E-state index contributed by atoms with van der Waals surface area (Å²) in [6.45, 7) is 3.98. The Morgan fingerprint density at radius 1 is 1.37 bits per heavy atom. The van der Waals surface area contributed by atoms with Crippen LogP contribution < -0.4 is 11.1 Å². The molecule has 3 N–H and O–H groups in total. The molecule has 0 aliphatic carbocycles. The highest BCUT2D eigenvalue weighted by molar-refractivity contribution is 7.85. The van der Waals surface area contributed by atoms with Crippen LogP contribution in [-0.4, -0.2) is 21.6 Å². The lowest BCUT2D eigenvalue weighted by Crippen LogP contribution is -2.21. The van der Waals surface area contributed by atoms with Crippen LogP contribution in [-0.2, 0) is 15.6 Å². The van der Waals surface area contributed by atoms with Crippen molar-refractivity contribution in [3.63, 3.8) is 0 Å². The highest BCUT2D eigenvalue weighted by Crippen LogP contribution is 2.17. The number of nitrogen functional groups attached to an aromatic ring is 1. The average molecular weight is 282 g/mol. The number of benzene rings is 1. The number of carbonyl (C=O) groups is 1. The Labute approximate surface area is 117 Å². The third kappa shape index (κ3) is 5.87. The molecule has 5 heteroatoms. The molecular formula is C14H22N2O2S. The number of anilines is 2. The molecule has 0 aromatic heterocycles. The molecule has 0 aliphatic heterocycles. The molecule has 106 valence electrons. The van der Waals surface area contributed by atoms with E-state index in [1.54, 1.807) is 18.2 Å². The highest BCUT2D eigenvalue weighted by Gasteiger charge is 2.09. The molecule has 19 heavy (non-hydrogen) atoms. The Balaban J connectivity index is 2.44. The quantitative estimate of drug-likeness (QED) is 0.596. The first-order valence-corrected chi connectivity index (χ1v) is 8.02. The molecule has 1 amide bonds. The summed E-state index contributed by atoms with van der Waals surface area (Å²) in [5, 5.41) is 2.77. The molecule has 0 saturated carbocycles. The van der Waals surface area contributed by atoms with E-state index in [4.69, 9.17) is 5.73 Å². The number of hydrogen-bond acceptors (Lipinski definition) is 3. The van der Waals surface area contributed by atoms with Crippen LogP contribution in [0.4, 0.5) is 11.4 Å². The summed E-state index contributed by atoms with van der Waals surface area (Å²) in [6.07, 6.45) is 3.07. The standard InChI is InChI=1S/C14H22N2O2S/c1-3-4-5-8-19(18)10-14(17)16-13-7-6-12(15)9-11(13)2/h6-7,9H,3-5,8,10,15H2,1-2H3,(H,16,17). The van der Waals surface area contributed by atoms with Crippen molar-refractivity contribution in [2.45, 2.75) is 33.1 Å². The van der Waals surface area contributed by atoms with Crippen molar-refractivity contribution in [1.82, 2.24) is 0 Å². The first kappa shape index (κ1) is 15.7. The second kappa shape index (κ2) is 7.94. The Bertz CT molecular complexity index is 461. The molecule has 1 aromatic rings. The van der Waals surface area contributed by atoms with Crippen molar-refractivity contribution < 1.29 is 9.00 Å². The molecule has 0 radical (unpaired) electrons. The fourth-order valence-corrected chi connectivity index (χ4v) is 2.78. The van der Waals surface area contributed by atoms with E-state index in [2.05, 4.69) is 12.2 Å².